The highest BCUT2D eigenvalue weighted by atomic mass is 32.2. The molecule has 3 aromatic rings. The number of halogens is 1. The molecule has 0 aliphatic heterocycles. The third kappa shape index (κ3) is 4.11. The summed E-state index contributed by atoms with van der Waals surface area (Å²) in [5, 5.41) is 1.04. The van der Waals surface area contributed by atoms with Gasteiger partial charge in [-0.25, -0.2) is 22.5 Å². The van der Waals surface area contributed by atoms with Gasteiger partial charge in [-0.1, -0.05) is 13.8 Å². The first-order chi connectivity index (χ1) is 12.4. The Kier molecular flexibility index (Phi) is 5.38. The summed E-state index contributed by atoms with van der Waals surface area (Å²) < 4.78 is 42.3. The Balaban J connectivity index is 1.74. The Labute approximate surface area is 152 Å². The van der Waals surface area contributed by atoms with E-state index in [2.05, 4.69) is 28.1 Å². The van der Waals surface area contributed by atoms with Gasteiger partial charge in [0.05, 0.1) is 4.90 Å². The first-order valence-electron chi connectivity index (χ1n) is 8.55. The summed E-state index contributed by atoms with van der Waals surface area (Å²) in [6.07, 6.45) is 4.36. The number of nitrogens with zero attached hydrogens (tertiary/aromatic N) is 2. The van der Waals surface area contributed by atoms with E-state index in [9.17, 15) is 12.8 Å². The Bertz CT molecular complexity index is 995. The number of aromatic nitrogens is 2. The van der Waals surface area contributed by atoms with Crippen molar-refractivity contribution < 1.29 is 12.8 Å². The molecule has 138 valence electrons. The van der Waals surface area contributed by atoms with Crippen LogP contribution in [-0.2, 0) is 23.0 Å². The molecule has 3 rings (SSSR count). The van der Waals surface area contributed by atoms with Crippen molar-refractivity contribution in [3.63, 3.8) is 0 Å². The van der Waals surface area contributed by atoms with Gasteiger partial charge in [0.2, 0.25) is 10.0 Å². The Morgan fingerprint density at radius 1 is 1.19 bits per heavy atom. The average Bonchev–Trinajstić information content (AvgIpc) is 2.93. The van der Waals surface area contributed by atoms with Gasteiger partial charge in [0.15, 0.2) is 0 Å². The predicted molar refractivity (Wildman–Crippen MR) is 99.9 cm³/mol. The summed E-state index contributed by atoms with van der Waals surface area (Å²) in [5.41, 5.74) is 1.97. The van der Waals surface area contributed by atoms with E-state index in [1.54, 1.807) is 6.20 Å². The van der Waals surface area contributed by atoms with Gasteiger partial charge in [0.25, 0.3) is 0 Å². The van der Waals surface area contributed by atoms with Crippen LogP contribution in [-0.4, -0.2) is 24.5 Å². The zero-order chi connectivity index (χ0) is 18.7. The number of benzene rings is 1. The number of rotatable bonds is 7. The molecule has 7 heteroatoms. The maximum absolute atomic E-state index is 13.0. The molecule has 0 spiro atoms. The molecular formula is C19H22FN3O2S. The fourth-order valence-corrected chi connectivity index (χ4v) is 3.98. The minimum Gasteiger partial charge on any atom is -0.332 e. The van der Waals surface area contributed by atoms with Crippen molar-refractivity contribution in [2.45, 2.75) is 31.7 Å². The maximum atomic E-state index is 13.0. The SMILES string of the molecule is CC(C)Cn1cc(CCNS(=O)(=O)c2ccc(F)cc2)c2cccnc21. The zero-order valence-corrected chi connectivity index (χ0v) is 15.6. The van der Waals surface area contributed by atoms with Crippen molar-refractivity contribution in [2.75, 3.05) is 6.54 Å². The van der Waals surface area contributed by atoms with E-state index in [0.717, 1.165) is 35.3 Å². The van der Waals surface area contributed by atoms with Crippen LogP contribution in [0.1, 0.15) is 19.4 Å². The van der Waals surface area contributed by atoms with E-state index < -0.39 is 15.8 Å². The first-order valence-corrected chi connectivity index (χ1v) is 10.0. The van der Waals surface area contributed by atoms with Crippen LogP contribution in [0.4, 0.5) is 4.39 Å². The van der Waals surface area contributed by atoms with E-state index in [-0.39, 0.29) is 11.4 Å². The van der Waals surface area contributed by atoms with Crippen LogP contribution in [0.3, 0.4) is 0 Å². The normalized spacial score (nSPS) is 12.2. The molecule has 0 radical (unpaired) electrons. The molecule has 26 heavy (non-hydrogen) atoms. The highest BCUT2D eigenvalue weighted by Crippen LogP contribution is 2.21. The molecule has 0 atom stereocenters. The first kappa shape index (κ1) is 18.5. The molecule has 0 aliphatic carbocycles. The smallest absolute Gasteiger partial charge is 0.240 e. The van der Waals surface area contributed by atoms with Crippen molar-refractivity contribution in [1.29, 1.82) is 0 Å². The lowest BCUT2D eigenvalue weighted by molar-refractivity contribution is 0.532. The van der Waals surface area contributed by atoms with Gasteiger partial charge in [-0.05, 0) is 54.3 Å². The van der Waals surface area contributed by atoms with Gasteiger partial charge in [0.1, 0.15) is 11.5 Å². The molecule has 0 aliphatic rings. The molecule has 0 saturated carbocycles. The molecule has 1 aromatic carbocycles. The molecule has 0 saturated heterocycles. The Morgan fingerprint density at radius 3 is 2.62 bits per heavy atom. The van der Waals surface area contributed by atoms with E-state index >= 15 is 0 Å². The van der Waals surface area contributed by atoms with Crippen molar-refractivity contribution in [3.05, 3.63) is 60.2 Å². The molecule has 0 amide bonds. The number of sulfonamides is 1. The van der Waals surface area contributed by atoms with Crippen molar-refractivity contribution in [2.24, 2.45) is 5.92 Å². The summed E-state index contributed by atoms with van der Waals surface area (Å²) in [6, 6.07) is 8.68. The fourth-order valence-electron chi connectivity index (χ4n) is 2.94. The highest BCUT2D eigenvalue weighted by molar-refractivity contribution is 7.89. The summed E-state index contributed by atoms with van der Waals surface area (Å²) in [4.78, 5) is 4.51. The van der Waals surface area contributed by atoms with Gasteiger partial charge >= 0.3 is 0 Å². The largest absolute Gasteiger partial charge is 0.332 e. The van der Waals surface area contributed by atoms with Crippen LogP contribution >= 0.6 is 0 Å². The van der Waals surface area contributed by atoms with Gasteiger partial charge in [-0.2, -0.15) is 0 Å². The fraction of sp³-hybridized carbons (Fsp3) is 0.316. The van der Waals surface area contributed by atoms with E-state index in [1.807, 2.05) is 18.3 Å². The molecule has 0 bridgehead atoms. The van der Waals surface area contributed by atoms with E-state index in [0.29, 0.717) is 12.3 Å². The van der Waals surface area contributed by atoms with Crippen molar-refractivity contribution >= 4 is 21.1 Å². The molecule has 0 unspecified atom stereocenters. The van der Waals surface area contributed by atoms with Crippen LogP contribution in [0.25, 0.3) is 11.0 Å². The second kappa shape index (κ2) is 7.55. The standard InChI is InChI=1S/C19H22FN3O2S/c1-14(2)12-23-13-15(18-4-3-10-21-19(18)23)9-11-22-26(24,25)17-7-5-16(20)6-8-17/h3-8,10,13-14,22H,9,11-12H2,1-2H3. The lowest BCUT2D eigenvalue weighted by atomic mass is 10.2. The average molecular weight is 375 g/mol. The minimum absolute atomic E-state index is 0.0582. The van der Waals surface area contributed by atoms with E-state index in [1.165, 1.54) is 12.1 Å². The van der Waals surface area contributed by atoms with Crippen LogP contribution in [0.5, 0.6) is 0 Å². The second-order valence-corrected chi connectivity index (χ2v) is 8.44. The molecule has 2 aromatic heterocycles. The Morgan fingerprint density at radius 2 is 1.92 bits per heavy atom. The highest BCUT2D eigenvalue weighted by Gasteiger charge is 2.15. The number of fused-ring (bicyclic) bond motifs is 1. The molecule has 0 fully saturated rings. The number of pyridine rings is 1. The third-order valence-electron chi connectivity index (χ3n) is 4.09. The lowest BCUT2D eigenvalue weighted by Gasteiger charge is -2.07. The van der Waals surface area contributed by atoms with Crippen LogP contribution < -0.4 is 4.72 Å². The van der Waals surface area contributed by atoms with Gasteiger partial charge < -0.3 is 4.57 Å². The summed E-state index contributed by atoms with van der Waals surface area (Å²) in [5.74, 6) is 0.0202. The van der Waals surface area contributed by atoms with Crippen molar-refractivity contribution in [3.8, 4) is 0 Å². The quantitative estimate of drug-likeness (QED) is 0.689. The second-order valence-electron chi connectivity index (χ2n) is 6.68. The number of hydrogen-bond donors (Lipinski definition) is 1. The van der Waals surface area contributed by atoms with E-state index in [4.69, 9.17) is 0 Å². The van der Waals surface area contributed by atoms with Crippen LogP contribution in [0.2, 0.25) is 0 Å². The van der Waals surface area contributed by atoms with Crippen molar-refractivity contribution in [1.82, 2.24) is 14.3 Å². The molecule has 2 heterocycles. The molecule has 5 nitrogen and oxygen atoms in total. The predicted octanol–water partition coefficient (Wildman–Crippen LogP) is 3.35. The zero-order valence-electron chi connectivity index (χ0n) is 14.8. The van der Waals surface area contributed by atoms with Crippen LogP contribution in [0.15, 0.2) is 53.7 Å². The summed E-state index contributed by atoms with van der Waals surface area (Å²) >= 11 is 0. The van der Waals surface area contributed by atoms with Gasteiger partial charge in [0, 0.05) is 30.9 Å². The Hall–Kier alpha value is -2.25. The van der Waals surface area contributed by atoms with Gasteiger partial charge in [-0.15, -0.1) is 0 Å². The topological polar surface area (TPSA) is 64.0 Å². The number of nitrogens with one attached hydrogen (secondary N) is 1. The maximum Gasteiger partial charge on any atom is 0.240 e. The lowest BCUT2D eigenvalue weighted by Crippen LogP contribution is -2.26. The van der Waals surface area contributed by atoms with Crippen LogP contribution in [0, 0.1) is 11.7 Å². The monoisotopic (exact) mass is 375 g/mol. The molecule has 1 N–H and O–H groups in total. The summed E-state index contributed by atoms with van der Waals surface area (Å²) in [6.45, 7) is 5.40. The molecular weight excluding hydrogens is 353 g/mol. The number of hydrogen-bond acceptors (Lipinski definition) is 3. The summed E-state index contributed by atoms with van der Waals surface area (Å²) in [7, 11) is -3.65. The minimum atomic E-state index is -3.65. The van der Waals surface area contributed by atoms with Gasteiger partial charge in [-0.3, -0.25) is 0 Å². The third-order valence-corrected chi connectivity index (χ3v) is 5.57.